The van der Waals surface area contributed by atoms with Crippen LogP contribution in [0.5, 0.6) is 0 Å². The molecule has 0 spiro atoms. The first kappa shape index (κ1) is 15.5. The van der Waals surface area contributed by atoms with E-state index in [1.165, 1.54) is 0 Å². The second-order valence-corrected chi connectivity index (χ2v) is 5.96. The average Bonchev–Trinajstić information content (AvgIpc) is 3.10. The largest absolute Gasteiger partial charge is 0.462 e. The zero-order valence-electron chi connectivity index (χ0n) is 13.6. The highest BCUT2D eigenvalue weighted by Gasteiger charge is 2.22. The van der Waals surface area contributed by atoms with E-state index in [4.69, 9.17) is 4.74 Å². The Morgan fingerprint density at radius 1 is 1.26 bits per heavy atom. The molecule has 23 heavy (non-hydrogen) atoms. The second-order valence-electron chi connectivity index (χ2n) is 5.96. The number of ether oxygens (including phenoxy) is 1. The number of rotatable bonds is 4. The monoisotopic (exact) mass is 314 g/mol. The van der Waals surface area contributed by atoms with Crippen molar-refractivity contribution in [3.05, 3.63) is 36.4 Å². The van der Waals surface area contributed by atoms with Gasteiger partial charge in [0.2, 0.25) is 0 Å². The molecule has 1 fully saturated rings. The van der Waals surface area contributed by atoms with Gasteiger partial charge < -0.3 is 9.64 Å². The molecule has 0 amide bonds. The van der Waals surface area contributed by atoms with Crippen molar-refractivity contribution < 1.29 is 9.53 Å². The van der Waals surface area contributed by atoms with Crippen molar-refractivity contribution >= 4 is 11.7 Å². The van der Waals surface area contributed by atoms with Crippen LogP contribution in [0.25, 0.3) is 5.69 Å². The number of anilines is 1. The Morgan fingerprint density at radius 2 is 1.96 bits per heavy atom. The number of piperidine rings is 1. The molecule has 2 heterocycles. The number of hydrogen-bond acceptors (Lipinski definition) is 5. The van der Waals surface area contributed by atoms with Crippen molar-refractivity contribution in [3.8, 4) is 5.69 Å². The summed E-state index contributed by atoms with van der Waals surface area (Å²) in [4.78, 5) is 14.7. The van der Waals surface area contributed by atoms with Gasteiger partial charge in [0.1, 0.15) is 12.7 Å². The molecule has 0 N–H and O–H groups in total. The minimum atomic E-state index is -0.281. The Bertz CT molecular complexity index is 661. The van der Waals surface area contributed by atoms with Gasteiger partial charge in [-0.25, -0.2) is 4.79 Å². The van der Waals surface area contributed by atoms with Gasteiger partial charge in [-0.3, -0.25) is 4.57 Å². The number of carbonyl (C=O) groups excluding carboxylic acids is 1. The Morgan fingerprint density at radius 3 is 2.61 bits per heavy atom. The van der Waals surface area contributed by atoms with Crippen LogP contribution in [-0.2, 0) is 4.74 Å². The topological polar surface area (TPSA) is 60.3 Å². The summed E-state index contributed by atoms with van der Waals surface area (Å²) in [5, 5.41) is 7.63. The lowest BCUT2D eigenvalue weighted by molar-refractivity contribution is 0.0527. The molecule has 1 aliphatic rings. The summed E-state index contributed by atoms with van der Waals surface area (Å²) < 4.78 is 7.03. The summed E-state index contributed by atoms with van der Waals surface area (Å²) in [6.07, 6.45) is 5.53. The van der Waals surface area contributed by atoms with Gasteiger partial charge in [-0.15, -0.1) is 10.2 Å². The zero-order chi connectivity index (χ0) is 16.2. The van der Waals surface area contributed by atoms with Gasteiger partial charge in [0.25, 0.3) is 0 Å². The third kappa shape index (κ3) is 3.36. The molecular weight excluding hydrogens is 292 g/mol. The zero-order valence-corrected chi connectivity index (χ0v) is 13.6. The maximum Gasteiger partial charge on any atom is 0.340 e. The van der Waals surface area contributed by atoms with Crippen LogP contribution in [-0.4, -0.2) is 40.4 Å². The number of esters is 1. The van der Waals surface area contributed by atoms with Crippen LogP contribution >= 0.6 is 0 Å². The first-order valence-corrected chi connectivity index (χ1v) is 8.10. The standard InChI is InChI=1S/C17H22N4O2/c1-3-23-17(22)15-10-14(21-11-18-19-12-21)4-5-16(15)20-8-6-13(2)7-9-20/h4-5,10-13H,3,6-9H2,1-2H3. The van der Waals surface area contributed by atoms with Crippen molar-refractivity contribution in [1.82, 2.24) is 14.8 Å². The van der Waals surface area contributed by atoms with Crippen LogP contribution in [0.1, 0.15) is 37.0 Å². The van der Waals surface area contributed by atoms with E-state index >= 15 is 0 Å². The lowest BCUT2D eigenvalue weighted by Gasteiger charge is -2.33. The highest BCUT2D eigenvalue weighted by molar-refractivity contribution is 5.96. The van der Waals surface area contributed by atoms with Gasteiger partial charge in [0.05, 0.1) is 17.9 Å². The Kier molecular flexibility index (Phi) is 4.60. The summed E-state index contributed by atoms with van der Waals surface area (Å²) in [6.45, 7) is 6.41. The summed E-state index contributed by atoms with van der Waals surface area (Å²) in [5.41, 5.74) is 2.41. The van der Waals surface area contributed by atoms with Crippen molar-refractivity contribution in [1.29, 1.82) is 0 Å². The predicted octanol–water partition coefficient (Wildman–Crippen LogP) is 2.68. The molecule has 0 unspecified atom stereocenters. The van der Waals surface area contributed by atoms with Crippen LogP contribution in [0, 0.1) is 5.92 Å². The molecule has 6 heteroatoms. The van der Waals surface area contributed by atoms with Gasteiger partial charge >= 0.3 is 5.97 Å². The van der Waals surface area contributed by atoms with Gasteiger partial charge in [-0.2, -0.15) is 0 Å². The summed E-state index contributed by atoms with van der Waals surface area (Å²) in [6, 6.07) is 5.84. The molecule has 1 aliphatic heterocycles. The van der Waals surface area contributed by atoms with Crippen LogP contribution in [0.2, 0.25) is 0 Å². The minimum absolute atomic E-state index is 0.281. The summed E-state index contributed by atoms with van der Waals surface area (Å²) >= 11 is 0. The van der Waals surface area contributed by atoms with Crippen LogP contribution in [0.15, 0.2) is 30.9 Å². The van der Waals surface area contributed by atoms with Crippen LogP contribution in [0.4, 0.5) is 5.69 Å². The second kappa shape index (κ2) is 6.81. The van der Waals surface area contributed by atoms with E-state index in [0.717, 1.165) is 43.2 Å². The molecule has 0 bridgehead atoms. The molecule has 0 radical (unpaired) electrons. The average molecular weight is 314 g/mol. The molecule has 0 saturated carbocycles. The van der Waals surface area contributed by atoms with E-state index in [2.05, 4.69) is 22.0 Å². The first-order valence-electron chi connectivity index (χ1n) is 8.10. The fourth-order valence-electron chi connectivity index (χ4n) is 2.92. The van der Waals surface area contributed by atoms with Gasteiger partial charge in [-0.1, -0.05) is 6.92 Å². The Balaban J connectivity index is 1.96. The highest BCUT2D eigenvalue weighted by Crippen LogP contribution is 2.28. The highest BCUT2D eigenvalue weighted by atomic mass is 16.5. The molecule has 1 saturated heterocycles. The summed E-state index contributed by atoms with van der Waals surface area (Å²) in [7, 11) is 0. The maximum atomic E-state index is 12.4. The lowest BCUT2D eigenvalue weighted by atomic mass is 9.98. The van der Waals surface area contributed by atoms with Crippen LogP contribution in [0.3, 0.4) is 0 Å². The van der Waals surface area contributed by atoms with Crippen LogP contribution < -0.4 is 4.90 Å². The molecule has 1 aromatic carbocycles. The molecule has 3 rings (SSSR count). The van der Waals surface area contributed by atoms with E-state index in [-0.39, 0.29) is 5.97 Å². The molecule has 6 nitrogen and oxygen atoms in total. The number of nitrogens with zero attached hydrogens (tertiary/aromatic N) is 4. The van der Waals surface area contributed by atoms with Gasteiger partial charge in [-0.05, 0) is 43.9 Å². The number of hydrogen-bond donors (Lipinski definition) is 0. The molecular formula is C17H22N4O2. The number of carbonyl (C=O) groups is 1. The van der Waals surface area contributed by atoms with E-state index in [1.807, 2.05) is 25.1 Å². The fraction of sp³-hybridized carbons (Fsp3) is 0.471. The number of aromatic nitrogens is 3. The Hall–Kier alpha value is -2.37. The van der Waals surface area contributed by atoms with Crippen molar-refractivity contribution in [2.75, 3.05) is 24.6 Å². The summed E-state index contributed by atoms with van der Waals surface area (Å²) in [5.74, 6) is 0.463. The maximum absolute atomic E-state index is 12.4. The third-order valence-electron chi connectivity index (χ3n) is 4.32. The van der Waals surface area contributed by atoms with Gasteiger partial charge in [0, 0.05) is 18.8 Å². The van der Waals surface area contributed by atoms with E-state index < -0.39 is 0 Å². The smallest absolute Gasteiger partial charge is 0.340 e. The van der Waals surface area contributed by atoms with Crippen molar-refractivity contribution in [2.45, 2.75) is 26.7 Å². The number of benzene rings is 1. The SMILES string of the molecule is CCOC(=O)c1cc(-n2cnnc2)ccc1N1CCC(C)CC1. The molecule has 0 atom stereocenters. The Labute approximate surface area is 136 Å². The molecule has 2 aromatic rings. The fourth-order valence-corrected chi connectivity index (χ4v) is 2.92. The van der Waals surface area contributed by atoms with Crippen molar-refractivity contribution in [2.24, 2.45) is 5.92 Å². The van der Waals surface area contributed by atoms with Gasteiger partial charge in [0.15, 0.2) is 0 Å². The molecule has 122 valence electrons. The van der Waals surface area contributed by atoms with E-state index in [0.29, 0.717) is 12.2 Å². The molecule has 0 aliphatic carbocycles. The normalized spacial score (nSPS) is 15.7. The third-order valence-corrected chi connectivity index (χ3v) is 4.32. The first-order chi connectivity index (χ1) is 11.2. The predicted molar refractivity (Wildman–Crippen MR) is 87.9 cm³/mol. The van der Waals surface area contributed by atoms with E-state index in [1.54, 1.807) is 17.2 Å². The van der Waals surface area contributed by atoms with E-state index in [9.17, 15) is 4.79 Å². The molecule has 1 aromatic heterocycles. The van der Waals surface area contributed by atoms with Crippen molar-refractivity contribution in [3.63, 3.8) is 0 Å². The lowest BCUT2D eigenvalue weighted by Crippen LogP contribution is -2.34. The quantitative estimate of drug-likeness (QED) is 0.812. The minimum Gasteiger partial charge on any atom is -0.462 e.